The van der Waals surface area contributed by atoms with Gasteiger partial charge in [0.15, 0.2) is 0 Å². The zero-order valence-corrected chi connectivity index (χ0v) is 23.3. The molecular formula is C26H30Cl2SiZr. The largest absolute Gasteiger partial charge is 4.00 e. The van der Waals surface area contributed by atoms with Gasteiger partial charge in [0, 0.05) is 8.07 Å². The number of halogens is 2. The molecule has 4 heteroatoms. The van der Waals surface area contributed by atoms with Crippen LogP contribution in [0.4, 0.5) is 0 Å². The molecule has 0 N–H and O–H groups in total. The van der Waals surface area contributed by atoms with Gasteiger partial charge in [-0.2, -0.15) is 35.0 Å². The summed E-state index contributed by atoms with van der Waals surface area (Å²) in [6, 6.07) is 19.9. The first-order chi connectivity index (χ1) is 13.1. The summed E-state index contributed by atoms with van der Waals surface area (Å²) in [7, 11) is -0.981. The smallest absolute Gasteiger partial charge is 1.00 e. The maximum absolute atomic E-state index is 2.43. The van der Waals surface area contributed by atoms with Gasteiger partial charge in [-0.15, -0.1) is 29.7 Å². The summed E-state index contributed by atoms with van der Waals surface area (Å²) in [5.74, 6) is 2.32. The SMILES string of the molecule is CC[C-](CC)CC1C=Cc2ccccc21.C[Si]1(C)c2[cH-]c3ccccc3c21.[Cl-].[Cl-].[Zr+4]. The molecule has 0 spiro atoms. The zero-order chi connectivity index (χ0) is 19.0. The summed E-state index contributed by atoms with van der Waals surface area (Å²) >= 11 is 0. The fraction of sp³-hybridized carbons (Fsp3) is 0.308. The van der Waals surface area contributed by atoms with Crippen LogP contribution < -0.4 is 35.2 Å². The van der Waals surface area contributed by atoms with E-state index < -0.39 is 8.07 Å². The number of fused-ring (bicyclic) bond motifs is 4. The predicted octanol–water partition coefficient (Wildman–Crippen LogP) is 0.282. The van der Waals surface area contributed by atoms with Gasteiger partial charge in [-0.05, 0) is 17.0 Å². The summed E-state index contributed by atoms with van der Waals surface area (Å²) in [6.07, 6.45) is 8.31. The average Bonchev–Trinajstić information content (AvgIpc) is 3.05. The van der Waals surface area contributed by atoms with Crippen molar-refractivity contribution in [1.82, 2.24) is 0 Å². The Labute approximate surface area is 214 Å². The van der Waals surface area contributed by atoms with Gasteiger partial charge in [0.2, 0.25) is 0 Å². The number of benzene rings is 2. The van der Waals surface area contributed by atoms with Crippen molar-refractivity contribution >= 4 is 35.3 Å². The topological polar surface area (TPSA) is 0 Å². The van der Waals surface area contributed by atoms with E-state index in [-0.39, 0.29) is 51.0 Å². The Kier molecular flexibility index (Phi) is 10.4. The monoisotopic (exact) mass is 530 g/mol. The fourth-order valence-corrected chi connectivity index (χ4v) is 7.96. The molecule has 0 amide bonds. The Morgan fingerprint density at radius 3 is 2.27 bits per heavy atom. The fourth-order valence-electron chi connectivity index (χ4n) is 4.59. The third-order valence-electron chi connectivity index (χ3n) is 6.45. The predicted molar refractivity (Wildman–Crippen MR) is 123 cm³/mol. The minimum Gasteiger partial charge on any atom is -1.00 e. The molecule has 156 valence electrons. The van der Waals surface area contributed by atoms with Gasteiger partial charge in [-0.3, -0.25) is 0 Å². The molecule has 3 aromatic carbocycles. The van der Waals surface area contributed by atoms with Gasteiger partial charge in [0.25, 0.3) is 0 Å². The van der Waals surface area contributed by atoms with Crippen molar-refractivity contribution in [1.29, 1.82) is 0 Å². The van der Waals surface area contributed by atoms with Crippen LogP contribution in [0.1, 0.15) is 50.2 Å². The average molecular weight is 533 g/mol. The molecule has 0 radical (unpaired) electrons. The Morgan fingerprint density at radius 2 is 1.57 bits per heavy atom. The van der Waals surface area contributed by atoms with Gasteiger partial charge in [0.05, 0.1) is 0 Å². The molecule has 30 heavy (non-hydrogen) atoms. The van der Waals surface area contributed by atoms with Gasteiger partial charge in [-0.25, -0.2) is 0 Å². The van der Waals surface area contributed by atoms with E-state index in [1.165, 1.54) is 41.2 Å². The maximum atomic E-state index is 2.43. The Bertz CT molecular complexity index is 986. The third-order valence-corrected chi connectivity index (χ3v) is 9.73. The first-order valence-electron chi connectivity index (χ1n) is 10.4. The first kappa shape index (κ1) is 27.5. The second kappa shape index (κ2) is 11.4. The summed E-state index contributed by atoms with van der Waals surface area (Å²) in [5.41, 5.74) is 2.92. The molecule has 1 unspecified atom stereocenters. The van der Waals surface area contributed by atoms with Crippen LogP contribution in [0.15, 0.2) is 60.7 Å². The molecule has 0 fully saturated rings. The number of rotatable bonds is 4. The number of hydrogen-bond donors (Lipinski definition) is 0. The number of hydrogen-bond acceptors (Lipinski definition) is 0. The molecule has 1 aliphatic carbocycles. The minimum absolute atomic E-state index is 0. The van der Waals surface area contributed by atoms with Crippen LogP contribution >= 0.6 is 0 Å². The molecule has 1 aliphatic heterocycles. The minimum atomic E-state index is -0.981. The van der Waals surface area contributed by atoms with Crippen LogP contribution in [0.25, 0.3) is 16.8 Å². The summed E-state index contributed by atoms with van der Waals surface area (Å²) in [4.78, 5) is 0. The van der Waals surface area contributed by atoms with Crippen molar-refractivity contribution in [3.8, 4) is 0 Å². The Morgan fingerprint density at radius 1 is 0.933 bits per heavy atom. The van der Waals surface area contributed by atoms with Crippen molar-refractivity contribution in [2.24, 2.45) is 0 Å². The van der Waals surface area contributed by atoms with E-state index in [2.05, 4.69) is 93.7 Å². The van der Waals surface area contributed by atoms with Crippen LogP contribution in [0.3, 0.4) is 0 Å². The van der Waals surface area contributed by atoms with E-state index in [1.807, 2.05) is 0 Å². The molecule has 0 saturated carbocycles. The Balaban J connectivity index is 0.000000277. The van der Waals surface area contributed by atoms with Crippen molar-refractivity contribution in [3.05, 3.63) is 77.7 Å². The van der Waals surface area contributed by atoms with Crippen LogP contribution in [-0.2, 0) is 26.2 Å². The van der Waals surface area contributed by atoms with Crippen molar-refractivity contribution in [2.45, 2.75) is 52.1 Å². The van der Waals surface area contributed by atoms with Crippen molar-refractivity contribution in [2.75, 3.05) is 0 Å². The standard InChI is InChI=1S/C15H19.C11H11Si.2ClH.Zr/c1-3-12(4-2)11-14-10-9-13-7-5-6-8-15(13)14;1-12(2)10-7-8-5-3-4-6-9(8)11(10)12;;;/h5-10,14H,3-4,11H2,1-2H3;3-7H,1-2H3;2*1H;/q2*-1;;;+4/p-2. The van der Waals surface area contributed by atoms with Crippen molar-refractivity contribution in [3.63, 3.8) is 0 Å². The molecule has 0 bridgehead atoms. The van der Waals surface area contributed by atoms with E-state index in [1.54, 1.807) is 16.3 Å². The molecule has 5 rings (SSSR count). The molecule has 0 aromatic heterocycles. The molecule has 2 aliphatic rings. The molecule has 3 aromatic rings. The molecular weight excluding hydrogens is 503 g/mol. The van der Waals surface area contributed by atoms with E-state index >= 15 is 0 Å². The second-order valence-electron chi connectivity index (χ2n) is 8.40. The summed E-state index contributed by atoms with van der Waals surface area (Å²) in [5, 5.41) is 6.35. The Hall–Kier alpha value is -0.530. The van der Waals surface area contributed by atoms with Gasteiger partial charge in [-0.1, -0.05) is 69.4 Å². The first-order valence-corrected chi connectivity index (χ1v) is 13.4. The van der Waals surface area contributed by atoms with Crippen LogP contribution in [0.2, 0.25) is 13.1 Å². The van der Waals surface area contributed by atoms with E-state index in [9.17, 15) is 0 Å². The molecule has 0 saturated heterocycles. The normalized spacial score (nSPS) is 16.4. The molecule has 1 atom stereocenters. The summed E-state index contributed by atoms with van der Waals surface area (Å²) < 4.78 is 0. The van der Waals surface area contributed by atoms with Crippen LogP contribution in [-0.4, -0.2) is 8.07 Å². The maximum Gasteiger partial charge on any atom is 4.00 e. The van der Waals surface area contributed by atoms with Crippen molar-refractivity contribution < 1.29 is 51.0 Å². The van der Waals surface area contributed by atoms with Gasteiger partial charge >= 0.3 is 26.2 Å². The third kappa shape index (κ3) is 5.26. The quantitative estimate of drug-likeness (QED) is 0.335. The van der Waals surface area contributed by atoms with Gasteiger partial charge < -0.3 is 30.7 Å². The van der Waals surface area contributed by atoms with Crippen LogP contribution in [0.5, 0.6) is 0 Å². The zero-order valence-electron chi connectivity index (χ0n) is 18.3. The number of allylic oxidation sites excluding steroid dienone is 1. The van der Waals surface area contributed by atoms with Gasteiger partial charge in [0.1, 0.15) is 0 Å². The van der Waals surface area contributed by atoms with E-state index in [0.29, 0.717) is 5.92 Å². The van der Waals surface area contributed by atoms with Crippen LogP contribution in [0, 0.1) is 5.92 Å². The van der Waals surface area contributed by atoms with E-state index in [4.69, 9.17) is 0 Å². The molecule has 1 heterocycles. The van der Waals surface area contributed by atoms with E-state index in [0.717, 1.165) is 0 Å². The summed E-state index contributed by atoms with van der Waals surface area (Å²) in [6.45, 7) is 9.40. The molecule has 0 nitrogen and oxygen atoms in total. The second-order valence-corrected chi connectivity index (χ2v) is 12.7.